The van der Waals surface area contributed by atoms with E-state index >= 15 is 0 Å². The van der Waals surface area contributed by atoms with Crippen LogP contribution in [0.4, 0.5) is 0 Å². The van der Waals surface area contributed by atoms with Gasteiger partial charge in [-0.1, -0.05) is 23.2 Å². The second kappa shape index (κ2) is 7.00. The molecule has 1 amide bonds. The number of amides is 1. The molecule has 2 aromatic carbocycles. The topological polar surface area (TPSA) is 81.9 Å². The maximum Gasteiger partial charge on any atom is 0.272 e. The third-order valence-electron chi connectivity index (χ3n) is 2.64. The molecule has 8 heteroatoms. The number of halogens is 3. The maximum absolute atomic E-state index is 11.9. The molecule has 0 heterocycles. The smallest absolute Gasteiger partial charge is 0.272 e. The Bertz CT molecular complexity index is 766. The summed E-state index contributed by atoms with van der Waals surface area (Å²) in [5, 5.41) is 23.4. The zero-order valence-electron chi connectivity index (χ0n) is 10.8. The molecule has 0 bridgehead atoms. The predicted octanol–water partition coefficient (Wildman–Crippen LogP) is 3.93. The van der Waals surface area contributed by atoms with Crippen LogP contribution in [0.5, 0.6) is 11.5 Å². The molecule has 0 unspecified atom stereocenters. The van der Waals surface area contributed by atoms with Crippen molar-refractivity contribution in [2.45, 2.75) is 0 Å². The minimum atomic E-state index is -0.518. The van der Waals surface area contributed by atoms with Crippen molar-refractivity contribution >= 4 is 51.3 Å². The van der Waals surface area contributed by atoms with Crippen molar-refractivity contribution in [1.82, 2.24) is 5.43 Å². The number of nitrogens with one attached hydrogen (secondary N) is 1. The molecule has 3 N–H and O–H groups in total. The molecule has 114 valence electrons. The van der Waals surface area contributed by atoms with Crippen LogP contribution in [0.2, 0.25) is 10.0 Å². The van der Waals surface area contributed by atoms with Crippen LogP contribution in [-0.4, -0.2) is 22.3 Å². The van der Waals surface area contributed by atoms with E-state index in [0.29, 0.717) is 15.1 Å². The molecule has 0 saturated carbocycles. The van der Waals surface area contributed by atoms with Crippen LogP contribution in [0, 0.1) is 0 Å². The quantitative estimate of drug-likeness (QED) is 0.536. The first-order chi connectivity index (χ1) is 10.4. The molecular weight excluding hydrogens is 395 g/mol. The van der Waals surface area contributed by atoms with E-state index in [1.807, 2.05) is 0 Å². The Kier molecular flexibility index (Phi) is 5.28. The summed E-state index contributed by atoms with van der Waals surface area (Å²) in [6.07, 6.45) is 1.24. The van der Waals surface area contributed by atoms with E-state index in [-0.39, 0.29) is 22.1 Å². The van der Waals surface area contributed by atoms with E-state index in [4.69, 9.17) is 23.2 Å². The van der Waals surface area contributed by atoms with Crippen LogP contribution in [0.15, 0.2) is 39.9 Å². The summed E-state index contributed by atoms with van der Waals surface area (Å²) in [5.74, 6) is -0.801. The molecule has 0 radical (unpaired) electrons. The average Bonchev–Trinajstić information content (AvgIpc) is 2.44. The van der Waals surface area contributed by atoms with Gasteiger partial charge in [-0.2, -0.15) is 5.10 Å². The van der Waals surface area contributed by atoms with Crippen molar-refractivity contribution in [3.8, 4) is 11.5 Å². The summed E-state index contributed by atoms with van der Waals surface area (Å²) in [5.41, 5.74) is 2.82. The SMILES string of the molecule is O=C(N/N=C\c1cc(Br)c(O)cc1O)c1ccc(Cl)cc1Cl. The highest BCUT2D eigenvalue weighted by molar-refractivity contribution is 9.10. The Morgan fingerprint density at radius 3 is 2.59 bits per heavy atom. The number of nitrogens with zero attached hydrogens (tertiary/aromatic N) is 1. The molecule has 5 nitrogen and oxygen atoms in total. The molecule has 0 aromatic heterocycles. The number of hydrogen-bond acceptors (Lipinski definition) is 4. The van der Waals surface area contributed by atoms with Gasteiger partial charge >= 0.3 is 0 Å². The third kappa shape index (κ3) is 3.91. The van der Waals surface area contributed by atoms with Crippen LogP contribution in [-0.2, 0) is 0 Å². The Labute approximate surface area is 144 Å². The molecule has 0 fully saturated rings. The van der Waals surface area contributed by atoms with Gasteiger partial charge in [0.25, 0.3) is 5.91 Å². The van der Waals surface area contributed by atoms with Crippen molar-refractivity contribution in [2.75, 3.05) is 0 Å². The first-order valence-electron chi connectivity index (χ1n) is 5.88. The lowest BCUT2D eigenvalue weighted by Gasteiger charge is -2.04. The average molecular weight is 404 g/mol. The van der Waals surface area contributed by atoms with Gasteiger partial charge < -0.3 is 10.2 Å². The fourth-order valence-electron chi connectivity index (χ4n) is 1.56. The van der Waals surface area contributed by atoms with E-state index < -0.39 is 5.91 Å². The van der Waals surface area contributed by atoms with E-state index in [0.717, 1.165) is 6.07 Å². The molecule has 2 rings (SSSR count). The highest BCUT2D eigenvalue weighted by Crippen LogP contribution is 2.30. The molecule has 2 aromatic rings. The normalized spacial score (nSPS) is 10.9. The monoisotopic (exact) mass is 402 g/mol. The lowest BCUT2D eigenvalue weighted by molar-refractivity contribution is 0.0955. The second-order valence-corrected chi connectivity index (χ2v) is 5.88. The fourth-order valence-corrected chi connectivity index (χ4v) is 2.42. The Balaban J connectivity index is 2.12. The number of phenols is 2. The molecule has 22 heavy (non-hydrogen) atoms. The predicted molar refractivity (Wildman–Crippen MR) is 89.0 cm³/mol. The molecule has 0 aliphatic heterocycles. The fraction of sp³-hybridized carbons (Fsp3) is 0. The first kappa shape index (κ1) is 16.6. The van der Waals surface area contributed by atoms with Crippen LogP contribution in [0.1, 0.15) is 15.9 Å². The van der Waals surface area contributed by atoms with Crippen molar-refractivity contribution in [3.05, 3.63) is 56.0 Å². The maximum atomic E-state index is 11.9. The van der Waals surface area contributed by atoms with Gasteiger partial charge in [-0.25, -0.2) is 5.43 Å². The number of hydrazone groups is 1. The molecule has 0 spiro atoms. The largest absolute Gasteiger partial charge is 0.507 e. The van der Waals surface area contributed by atoms with Gasteiger partial charge in [0, 0.05) is 16.7 Å². The highest BCUT2D eigenvalue weighted by atomic mass is 79.9. The van der Waals surface area contributed by atoms with Crippen LogP contribution < -0.4 is 5.43 Å². The van der Waals surface area contributed by atoms with E-state index in [2.05, 4.69) is 26.5 Å². The highest BCUT2D eigenvalue weighted by Gasteiger charge is 2.10. The number of carbonyl (C=O) groups excluding carboxylic acids is 1. The summed E-state index contributed by atoms with van der Waals surface area (Å²) < 4.78 is 0.388. The summed E-state index contributed by atoms with van der Waals surface area (Å²) in [6, 6.07) is 7.07. The lowest BCUT2D eigenvalue weighted by atomic mass is 10.2. The second-order valence-electron chi connectivity index (χ2n) is 4.19. The van der Waals surface area contributed by atoms with Gasteiger partial charge in [-0.15, -0.1) is 0 Å². The van der Waals surface area contributed by atoms with Gasteiger partial charge in [0.2, 0.25) is 0 Å². The summed E-state index contributed by atoms with van der Waals surface area (Å²) in [4.78, 5) is 11.9. The van der Waals surface area contributed by atoms with Gasteiger partial charge in [-0.3, -0.25) is 4.79 Å². The Morgan fingerprint density at radius 2 is 1.91 bits per heavy atom. The Hall–Kier alpha value is -1.76. The number of carbonyl (C=O) groups is 1. The molecule has 0 aliphatic rings. The molecule has 0 saturated heterocycles. The molecular formula is C14H9BrCl2N2O3. The summed E-state index contributed by atoms with van der Waals surface area (Å²) in [6.45, 7) is 0. The summed E-state index contributed by atoms with van der Waals surface area (Å²) in [7, 11) is 0. The lowest BCUT2D eigenvalue weighted by Crippen LogP contribution is -2.18. The van der Waals surface area contributed by atoms with Crippen LogP contribution >= 0.6 is 39.1 Å². The van der Waals surface area contributed by atoms with Gasteiger partial charge in [-0.05, 0) is 40.2 Å². The number of aromatic hydroxyl groups is 2. The van der Waals surface area contributed by atoms with Crippen molar-refractivity contribution in [3.63, 3.8) is 0 Å². The van der Waals surface area contributed by atoms with E-state index in [9.17, 15) is 15.0 Å². The molecule has 0 aliphatic carbocycles. The number of benzene rings is 2. The van der Waals surface area contributed by atoms with E-state index in [1.165, 1.54) is 30.5 Å². The van der Waals surface area contributed by atoms with Crippen LogP contribution in [0.25, 0.3) is 0 Å². The zero-order valence-corrected chi connectivity index (χ0v) is 13.9. The number of rotatable bonds is 3. The number of phenolic OH excluding ortho intramolecular Hbond substituents is 2. The minimum Gasteiger partial charge on any atom is -0.507 e. The van der Waals surface area contributed by atoms with Crippen molar-refractivity contribution in [2.24, 2.45) is 5.10 Å². The van der Waals surface area contributed by atoms with Gasteiger partial charge in [0.1, 0.15) is 11.5 Å². The Morgan fingerprint density at radius 1 is 1.18 bits per heavy atom. The summed E-state index contributed by atoms with van der Waals surface area (Å²) >= 11 is 14.8. The third-order valence-corrected chi connectivity index (χ3v) is 3.82. The minimum absolute atomic E-state index is 0.105. The zero-order chi connectivity index (χ0) is 16.3. The van der Waals surface area contributed by atoms with Crippen molar-refractivity contribution in [1.29, 1.82) is 0 Å². The first-order valence-corrected chi connectivity index (χ1v) is 7.43. The molecule has 0 atom stereocenters. The number of hydrogen-bond donors (Lipinski definition) is 3. The van der Waals surface area contributed by atoms with Gasteiger partial charge in [0.05, 0.1) is 21.3 Å². The van der Waals surface area contributed by atoms with E-state index in [1.54, 1.807) is 0 Å². The standard InChI is InChI=1S/C14H9BrCl2N2O3/c15-10-3-7(12(20)5-13(10)21)6-18-19-14(22)9-2-1-8(16)4-11(9)17/h1-6,20-21H,(H,19,22)/b18-6-. The van der Waals surface area contributed by atoms with Crippen molar-refractivity contribution < 1.29 is 15.0 Å². The van der Waals surface area contributed by atoms with Gasteiger partial charge in [0.15, 0.2) is 0 Å². The van der Waals surface area contributed by atoms with Crippen LogP contribution in [0.3, 0.4) is 0 Å².